The molecule has 94 valence electrons. The molecule has 0 spiro atoms. The van der Waals surface area contributed by atoms with Gasteiger partial charge in [0.2, 0.25) is 0 Å². The van der Waals surface area contributed by atoms with Crippen LogP contribution in [0.25, 0.3) is 0 Å². The summed E-state index contributed by atoms with van der Waals surface area (Å²) in [6.45, 7) is 0. The molecule has 2 fully saturated rings. The van der Waals surface area contributed by atoms with E-state index in [1.54, 1.807) is 0 Å². The zero-order chi connectivity index (χ0) is 12.0. The van der Waals surface area contributed by atoms with Crippen LogP contribution in [0.2, 0.25) is 0 Å². The van der Waals surface area contributed by atoms with E-state index in [9.17, 15) is 4.79 Å². The number of rotatable bonds is 2. The van der Waals surface area contributed by atoms with E-state index in [4.69, 9.17) is 5.73 Å². The van der Waals surface area contributed by atoms with Gasteiger partial charge in [-0.3, -0.25) is 9.48 Å². The molecule has 2 N–H and O–H groups in total. The molecular formula is C13H21N3O. The molecule has 2 aliphatic rings. The van der Waals surface area contributed by atoms with Crippen molar-refractivity contribution in [3.8, 4) is 0 Å². The summed E-state index contributed by atoms with van der Waals surface area (Å²) in [6.07, 6.45) is 8.41. The van der Waals surface area contributed by atoms with Gasteiger partial charge in [0.15, 0.2) is 0 Å². The Balaban J connectivity index is 2.03. The van der Waals surface area contributed by atoms with E-state index in [1.165, 1.54) is 32.1 Å². The maximum atomic E-state index is 12.3. The molecule has 0 amide bonds. The first-order valence-corrected chi connectivity index (χ1v) is 6.77. The average Bonchev–Trinajstić information content (AvgIpc) is 3.12. The van der Waals surface area contributed by atoms with Crippen molar-refractivity contribution >= 4 is 5.69 Å². The standard InChI is InChI=1S/C13H21N3O/c1-15-12(9-7-8-9)11(14)13(17)16(15)10-5-3-2-4-6-10/h9-10H,2-8,14H2,1H3. The predicted octanol–water partition coefficient (Wildman–Crippen LogP) is 2.15. The summed E-state index contributed by atoms with van der Waals surface area (Å²) in [7, 11) is 2.00. The zero-order valence-corrected chi connectivity index (χ0v) is 10.5. The Labute approximate surface area is 101 Å². The molecule has 0 aliphatic heterocycles. The van der Waals surface area contributed by atoms with Gasteiger partial charge < -0.3 is 5.73 Å². The summed E-state index contributed by atoms with van der Waals surface area (Å²) < 4.78 is 3.97. The number of nitrogen functional groups attached to an aromatic ring is 1. The van der Waals surface area contributed by atoms with Crippen molar-refractivity contribution in [2.24, 2.45) is 7.05 Å². The van der Waals surface area contributed by atoms with E-state index < -0.39 is 0 Å². The van der Waals surface area contributed by atoms with Gasteiger partial charge in [-0.25, -0.2) is 4.68 Å². The summed E-state index contributed by atoms with van der Waals surface area (Å²) in [4.78, 5) is 12.3. The van der Waals surface area contributed by atoms with Crippen LogP contribution in [-0.2, 0) is 7.05 Å². The average molecular weight is 235 g/mol. The number of hydrogen-bond donors (Lipinski definition) is 1. The van der Waals surface area contributed by atoms with E-state index in [2.05, 4.69) is 0 Å². The molecule has 2 aliphatic carbocycles. The quantitative estimate of drug-likeness (QED) is 0.854. The van der Waals surface area contributed by atoms with Crippen LogP contribution in [0.1, 0.15) is 62.6 Å². The Morgan fingerprint density at radius 1 is 1.12 bits per heavy atom. The minimum Gasteiger partial charge on any atom is -0.393 e. The number of aromatic nitrogens is 2. The first-order chi connectivity index (χ1) is 8.20. The van der Waals surface area contributed by atoms with Gasteiger partial charge in [-0.2, -0.15) is 0 Å². The lowest BCUT2D eigenvalue weighted by atomic mass is 9.96. The predicted molar refractivity (Wildman–Crippen MR) is 68.2 cm³/mol. The molecule has 1 aromatic rings. The van der Waals surface area contributed by atoms with Gasteiger partial charge >= 0.3 is 0 Å². The van der Waals surface area contributed by atoms with Gasteiger partial charge in [-0.05, 0) is 25.7 Å². The lowest BCUT2D eigenvalue weighted by Crippen LogP contribution is -2.28. The van der Waals surface area contributed by atoms with Crippen LogP contribution in [0.5, 0.6) is 0 Å². The normalized spacial score (nSPS) is 21.9. The molecule has 0 saturated heterocycles. The highest BCUT2D eigenvalue weighted by atomic mass is 16.1. The molecule has 4 nitrogen and oxygen atoms in total. The van der Waals surface area contributed by atoms with Crippen LogP contribution < -0.4 is 11.3 Å². The summed E-state index contributed by atoms with van der Waals surface area (Å²) >= 11 is 0. The Bertz CT molecular complexity index is 476. The van der Waals surface area contributed by atoms with Crippen molar-refractivity contribution in [1.82, 2.24) is 9.36 Å². The summed E-state index contributed by atoms with van der Waals surface area (Å²) in [6, 6.07) is 0.371. The Kier molecular flexibility index (Phi) is 2.53. The second kappa shape index (κ2) is 3.93. The Morgan fingerprint density at radius 3 is 2.35 bits per heavy atom. The van der Waals surface area contributed by atoms with E-state index in [-0.39, 0.29) is 5.56 Å². The Morgan fingerprint density at radius 2 is 1.76 bits per heavy atom. The van der Waals surface area contributed by atoms with Gasteiger partial charge in [-0.1, -0.05) is 19.3 Å². The molecule has 0 bridgehead atoms. The Hall–Kier alpha value is -1.19. The van der Waals surface area contributed by atoms with Crippen LogP contribution in [0, 0.1) is 0 Å². The van der Waals surface area contributed by atoms with E-state index >= 15 is 0 Å². The highest BCUT2D eigenvalue weighted by molar-refractivity contribution is 5.45. The van der Waals surface area contributed by atoms with Crippen molar-refractivity contribution in [2.45, 2.75) is 56.9 Å². The number of anilines is 1. The smallest absolute Gasteiger partial charge is 0.290 e. The van der Waals surface area contributed by atoms with E-state index in [1.807, 2.05) is 16.4 Å². The molecular weight excluding hydrogens is 214 g/mol. The molecule has 0 aromatic carbocycles. The summed E-state index contributed by atoms with van der Waals surface area (Å²) in [5, 5.41) is 0. The highest BCUT2D eigenvalue weighted by Gasteiger charge is 2.33. The zero-order valence-electron chi connectivity index (χ0n) is 10.5. The molecule has 3 rings (SSSR count). The van der Waals surface area contributed by atoms with Crippen molar-refractivity contribution in [3.63, 3.8) is 0 Å². The molecule has 2 saturated carbocycles. The number of nitrogens with two attached hydrogens (primary N) is 1. The molecule has 0 radical (unpaired) electrons. The van der Waals surface area contributed by atoms with Gasteiger partial charge in [0, 0.05) is 13.0 Å². The molecule has 17 heavy (non-hydrogen) atoms. The van der Waals surface area contributed by atoms with Gasteiger partial charge in [0.1, 0.15) is 5.69 Å². The highest BCUT2D eigenvalue weighted by Crippen LogP contribution is 2.42. The lowest BCUT2D eigenvalue weighted by Gasteiger charge is -2.24. The van der Waals surface area contributed by atoms with Crippen molar-refractivity contribution < 1.29 is 0 Å². The minimum absolute atomic E-state index is 0.0429. The third kappa shape index (κ3) is 1.70. The van der Waals surface area contributed by atoms with Crippen molar-refractivity contribution in [2.75, 3.05) is 5.73 Å². The SMILES string of the molecule is Cn1c(C2CC2)c(N)c(=O)n1C1CCCCC1. The van der Waals surface area contributed by atoms with Crippen LogP contribution in [0.3, 0.4) is 0 Å². The number of hydrogen-bond acceptors (Lipinski definition) is 2. The van der Waals surface area contributed by atoms with Crippen LogP contribution in [0.15, 0.2) is 4.79 Å². The summed E-state index contributed by atoms with van der Waals surface area (Å²) in [5.41, 5.74) is 7.62. The van der Waals surface area contributed by atoms with Gasteiger partial charge in [0.25, 0.3) is 5.56 Å². The van der Waals surface area contributed by atoms with Crippen LogP contribution in [0.4, 0.5) is 5.69 Å². The second-order valence-electron chi connectivity index (χ2n) is 5.54. The molecule has 0 atom stereocenters. The molecule has 0 unspecified atom stereocenters. The largest absolute Gasteiger partial charge is 0.393 e. The fraction of sp³-hybridized carbons (Fsp3) is 0.769. The van der Waals surface area contributed by atoms with Crippen LogP contribution >= 0.6 is 0 Å². The molecule has 1 aromatic heterocycles. The van der Waals surface area contributed by atoms with E-state index in [0.29, 0.717) is 17.6 Å². The van der Waals surface area contributed by atoms with Gasteiger partial charge in [-0.15, -0.1) is 0 Å². The minimum atomic E-state index is 0.0429. The van der Waals surface area contributed by atoms with Crippen molar-refractivity contribution in [3.05, 3.63) is 16.0 Å². The molecule has 1 heterocycles. The maximum Gasteiger partial charge on any atom is 0.290 e. The maximum absolute atomic E-state index is 12.3. The number of nitrogens with zero attached hydrogens (tertiary/aromatic N) is 2. The van der Waals surface area contributed by atoms with Crippen molar-refractivity contribution in [1.29, 1.82) is 0 Å². The monoisotopic (exact) mass is 235 g/mol. The van der Waals surface area contributed by atoms with Gasteiger partial charge in [0.05, 0.1) is 11.7 Å². The first-order valence-electron chi connectivity index (χ1n) is 6.77. The third-order valence-electron chi connectivity index (χ3n) is 4.27. The molecule has 4 heteroatoms. The first kappa shape index (κ1) is 10.9. The third-order valence-corrected chi connectivity index (χ3v) is 4.27. The van der Waals surface area contributed by atoms with E-state index in [0.717, 1.165) is 18.5 Å². The summed E-state index contributed by atoms with van der Waals surface area (Å²) in [5.74, 6) is 0.539. The van der Waals surface area contributed by atoms with Crippen LogP contribution in [-0.4, -0.2) is 9.36 Å². The fourth-order valence-corrected chi connectivity index (χ4v) is 3.24. The fourth-order valence-electron chi connectivity index (χ4n) is 3.24. The second-order valence-corrected chi connectivity index (χ2v) is 5.54. The lowest BCUT2D eigenvalue weighted by molar-refractivity contribution is 0.292. The topological polar surface area (TPSA) is 52.9 Å².